The monoisotopic (exact) mass is 375 g/mol. The average Bonchev–Trinajstić information content (AvgIpc) is 2.71. The standard InChI is InChI=1S/C25H26FNO/c1-3-15-28-25-14-13-24(18-27-25)23-12-11-21-16-20(9-10-22(21)17-23)8-6-4-5-7-19(2)26/h3,6,8-14,16-19H,1,4-5,7,15H2,2H3. The maximum atomic E-state index is 12.8. The number of halogens is 1. The van der Waals surface area contributed by atoms with Crippen molar-refractivity contribution in [3.63, 3.8) is 0 Å². The van der Waals surface area contributed by atoms with Crippen LogP contribution in [0.25, 0.3) is 28.0 Å². The number of hydrogen-bond donors (Lipinski definition) is 0. The Morgan fingerprint density at radius 1 is 1.07 bits per heavy atom. The van der Waals surface area contributed by atoms with Crippen LogP contribution in [0.1, 0.15) is 31.7 Å². The van der Waals surface area contributed by atoms with E-state index in [1.807, 2.05) is 18.3 Å². The topological polar surface area (TPSA) is 22.1 Å². The highest BCUT2D eigenvalue weighted by Gasteiger charge is 2.02. The van der Waals surface area contributed by atoms with Gasteiger partial charge in [0.1, 0.15) is 6.61 Å². The summed E-state index contributed by atoms with van der Waals surface area (Å²) in [5.41, 5.74) is 3.34. The van der Waals surface area contributed by atoms with Crippen LogP contribution in [0.2, 0.25) is 0 Å². The highest BCUT2D eigenvalue weighted by Crippen LogP contribution is 2.26. The Hall–Kier alpha value is -2.94. The first kappa shape index (κ1) is 19.8. The summed E-state index contributed by atoms with van der Waals surface area (Å²) >= 11 is 0. The van der Waals surface area contributed by atoms with Gasteiger partial charge in [0.05, 0.1) is 6.17 Å². The quantitative estimate of drug-likeness (QED) is 0.296. The summed E-state index contributed by atoms with van der Waals surface area (Å²) in [6.45, 7) is 5.70. The highest BCUT2D eigenvalue weighted by molar-refractivity contribution is 5.88. The molecule has 3 heteroatoms. The number of benzene rings is 2. The fraction of sp³-hybridized carbons (Fsp3) is 0.240. The number of hydrogen-bond acceptors (Lipinski definition) is 2. The Bertz CT molecular complexity index is 944. The summed E-state index contributed by atoms with van der Waals surface area (Å²) in [4.78, 5) is 4.34. The third-order valence-corrected chi connectivity index (χ3v) is 4.57. The molecule has 1 atom stereocenters. The van der Waals surface area contributed by atoms with Crippen LogP contribution < -0.4 is 4.74 Å². The van der Waals surface area contributed by atoms with Gasteiger partial charge in [-0.05, 0) is 66.3 Å². The minimum atomic E-state index is -0.714. The first-order chi connectivity index (χ1) is 13.7. The Kier molecular flexibility index (Phi) is 6.96. The van der Waals surface area contributed by atoms with Gasteiger partial charge in [0.15, 0.2) is 0 Å². The minimum Gasteiger partial charge on any atom is -0.473 e. The molecule has 1 unspecified atom stereocenters. The predicted molar refractivity (Wildman–Crippen MR) is 116 cm³/mol. The summed E-state index contributed by atoms with van der Waals surface area (Å²) < 4.78 is 18.2. The van der Waals surface area contributed by atoms with E-state index in [1.165, 1.54) is 16.3 Å². The van der Waals surface area contributed by atoms with Crippen LogP contribution >= 0.6 is 0 Å². The van der Waals surface area contributed by atoms with Crippen molar-refractivity contribution in [2.24, 2.45) is 0 Å². The van der Waals surface area contributed by atoms with Crippen molar-refractivity contribution in [3.8, 4) is 17.0 Å². The number of nitrogens with zero attached hydrogens (tertiary/aromatic N) is 1. The zero-order valence-electron chi connectivity index (χ0n) is 16.3. The van der Waals surface area contributed by atoms with Crippen LogP contribution in [0.4, 0.5) is 4.39 Å². The van der Waals surface area contributed by atoms with E-state index in [0.29, 0.717) is 18.9 Å². The van der Waals surface area contributed by atoms with Gasteiger partial charge in [-0.3, -0.25) is 0 Å². The van der Waals surface area contributed by atoms with Crippen molar-refractivity contribution in [3.05, 3.63) is 79.0 Å². The Morgan fingerprint density at radius 3 is 2.61 bits per heavy atom. The zero-order chi connectivity index (χ0) is 19.8. The van der Waals surface area contributed by atoms with E-state index in [9.17, 15) is 4.39 Å². The summed E-state index contributed by atoms with van der Waals surface area (Å²) in [7, 11) is 0. The number of unbranched alkanes of at least 4 members (excludes halogenated alkanes) is 1. The van der Waals surface area contributed by atoms with Crippen LogP contribution in [0.15, 0.2) is 73.5 Å². The lowest BCUT2D eigenvalue weighted by atomic mass is 10.0. The first-order valence-corrected chi connectivity index (χ1v) is 9.70. The van der Waals surface area contributed by atoms with E-state index in [-0.39, 0.29) is 0 Å². The lowest BCUT2D eigenvalue weighted by molar-refractivity contribution is 0.335. The van der Waals surface area contributed by atoms with E-state index < -0.39 is 6.17 Å². The molecule has 3 rings (SSSR count). The molecule has 2 aromatic carbocycles. The van der Waals surface area contributed by atoms with E-state index in [2.05, 4.69) is 60.1 Å². The van der Waals surface area contributed by atoms with Crippen LogP contribution in [-0.2, 0) is 0 Å². The molecular weight excluding hydrogens is 349 g/mol. The second-order valence-corrected chi connectivity index (χ2v) is 6.92. The second kappa shape index (κ2) is 9.84. The summed E-state index contributed by atoms with van der Waals surface area (Å²) in [6.07, 6.45) is 9.47. The molecule has 0 aliphatic heterocycles. The normalized spacial score (nSPS) is 12.4. The van der Waals surface area contributed by atoms with Crippen molar-refractivity contribution in [1.29, 1.82) is 0 Å². The second-order valence-electron chi connectivity index (χ2n) is 6.92. The van der Waals surface area contributed by atoms with Gasteiger partial charge in [-0.15, -0.1) is 0 Å². The molecule has 0 N–H and O–H groups in total. The van der Waals surface area contributed by atoms with Gasteiger partial charge in [-0.25, -0.2) is 9.37 Å². The Labute approximate surface area is 166 Å². The van der Waals surface area contributed by atoms with Gasteiger partial charge >= 0.3 is 0 Å². The van der Waals surface area contributed by atoms with Crippen molar-refractivity contribution >= 4 is 16.8 Å². The zero-order valence-corrected chi connectivity index (χ0v) is 16.3. The largest absolute Gasteiger partial charge is 0.473 e. The molecule has 0 radical (unpaired) electrons. The molecule has 144 valence electrons. The lowest BCUT2D eigenvalue weighted by Gasteiger charge is -2.07. The van der Waals surface area contributed by atoms with Crippen LogP contribution in [-0.4, -0.2) is 17.8 Å². The first-order valence-electron chi connectivity index (χ1n) is 9.70. The molecule has 2 nitrogen and oxygen atoms in total. The van der Waals surface area contributed by atoms with Crippen molar-refractivity contribution in [2.45, 2.75) is 32.4 Å². The fourth-order valence-corrected chi connectivity index (χ4v) is 3.06. The van der Waals surface area contributed by atoms with Crippen molar-refractivity contribution in [2.75, 3.05) is 6.61 Å². The molecule has 0 aliphatic rings. The van der Waals surface area contributed by atoms with E-state index >= 15 is 0 Å². The van der Waals surface area contributed by atoms with Crippen molar-refractivity contribution in [1.82, 2.24) is 4.98 Å². The number of fused-ring (bicyclic) bond motifs is 1. The fourth-order valence-electron chi connectivity index (χ4n) is 3.06. The average molecular weight is 375 g/mol. The molecule has 0 bridgehead atoms. The molecule has 0 spiro atoms. The van der Waals surface area contributed by atoms with Gasteiger partial charge in [0.25, 0.3) is 0 Å². The molecule has 1 aromatic heterocycles. The van der Waals surface area contributed by atoms with Crippen LogP contribution in [0.5, 0.6) is 5.88 Å². The predicted octanol–water partition coefficient (Wildman–Crippen LogP) is 7.01. The Morgan fingerprint density at radius 2 is 1.86 bits per heavy atom. The third-order valence-electron chi connectivity index (χ3n) is 4.57. The molecule has 0 saturated heterocycles. The van der Waals surface area contributed by atoms with Gasteiger partial charge in [0, 0.05) is 17.8 Å². The number of pyridine rings is 1. The number of ether oxygens (including phenoxy) is 1. The number of allylic oxidation sites excluding steroid dienone is 1. The third kappa shape index (κ3) is 5.53. The van der Waals surface area contributed by atoms with Gasteiger partial charge in [-0.1, -0.05) is 49.1 Å². The van der Waals surface area contributed by atoms with E-state index in [4.69, 9.17) is 4.74 Å². The van der Waals surface area contributed by atoms with Crippen LogP contribution in [0, 0.1) is 0 Å². The SMILES string of the molecule is C=CCOc1ccc(-c2ccc3cc(C=CCCCC(C)F)ccc3c2)cn1. The van der Waals surface area contributed by atoms with E-state index in [0.717, 1.165) is 24.0 Å². The van der Waals surface area contributed by atoms with Gasteiger partial charge in [-0.2, -0.15) is 0 Å². The summed E-state index contributed by atoms with van der Waals surface area (Å²) in [5, 5.41) is 2.38. The Balaban J connectivity index is 1.70. The van der Waals surface area contributed by atoms with E-state index in [1.54, 1.807) is 13.0 Å². The number of alkyl halides is 1. The molecule has 0 amide bonds. The molecule has 0 saturated carbocycles. The summed E-state index contributed by atoms with van der Waals surface area (Å²) in [5.74, 6) is 0.599. The summed E-state index contributed by atoms with van der Waals surface area (Å²) in [6, 6.07) is 16.7. The van der Waals surface area contributed by atoms with Crippen LogP contribution in [0.3, 0.4) is 0 Å². The number of rotatable bonds is 9. The smallest absolute Gasteiger partial charge is 0.213 e. The highest BCUT2D eigenvalue weighted by atomic mass is 19.1. The molecule has 28 heavy (non-hydrogen) atoms. The van der Waals surface area contributed by atoms with Gasteiger partial charge in [0.2, 0.25) is 5.88 Å². The molecule has 0 aliphatic carbocycles. The molecular formula is C25H26FNO. The minimum absolute atomic E-state index is 0.452. The van der Waals surface area contributed by atoms with Gasteiger partial charge < -0.3 is 4.74 Å². The molecule has 1 heterocycles. The maximum absolute atomic E-state index is 12.8. The maximum Gasteiger partial charge on any atom is 0.213 e. The number of aromatic nitrogens is 1. The molecule has 0 fully saturated rings. The molecule has 3 aromatic rings. The lowest BCUT2D eigenvalue weighted by Crippen LogP contribution is -1.94. The van der Waals surface area contributed by atoms with Crippen molar-refractivity contribution < 1.29 is 9.13 Å².